The van der Waals surface area contributed by atoms with Gasteiger partial charge in [0.25, 0.3) is 23.6 Å². The van der Waals surface area contributed by atoms with E-state index >= 15 is 0 Å². The number of nitrogens with one attached hydrogen (secondary N) is 2. The minimum Gasteiger partial charge on any atom is -0.454 e. The molecule has 4 amide bonds. The van der Waals surface area contributed by atoms with Gasteiger partial charge >= 0.3 is 5.97 Å². The maximum atomic E-state index is 13.0. The standard InChI is InChI=1S/C26H20ClN3O6/c27-18-12-10-17(11-13-18)23(32)29-28-22(31)15-36-26(35)21(14-16-6-2-1-3-7-16)30-24(33)19-8-4-5-9-20(19)25(30)34/h1-13,21H,14-15H2,(H,28,31)(H,29,32)/t21-/m1/s1. The van der Waals surface area contributed by atoms with Crippen LogP contribution in [-0.4, -0.2) is 47.1 Å². The van der Waals surface area contributed by atoms with E-state index in [0.29, 0.717) is 10.6 Å². The molecule has 1 aliphatic rings. The number of halogens is 1. The zero-order valence-electron chi connectivity index (χ0n) is 18.8. The van der Waals surface area contributed by atoms with E-state index in [-0.39, 0.29) is 23.1 Å². The second kappa shape index (κ2) is 10.8. The summed E-state index contributed by atoms with van der Waals surface area (Å²) in [5.41, 5.74) is 5.67. The zero-order valence-corrected chi connectivity index (χ0v) is 19.5. The monoisotopic (exact) mass is 505 g/mol. The van der Waals surface area contributed by atoms with Gasteiger partial charge in [-0.3, -0.25) is 34.9 Å². The molecule has 0 unspecified atom stereocenters. The molecule has 1 atom stereocenters. The van der Waals surface area contributed by atoms with E-state index < -0.39 is 42.2 Å². The summed E-state index contributed by atoms with van der Waals surface area (Å²) in [4.78, 5) is 64.1. The molecule has 0 saturated carbocycles. The van der Waals surface area contributed by atoms with Crippen LogP contribution < -0.4 is 10.9 Å². The molecule has 36 heavy (non-hydrogen) atoms. The van der Waals surface area contributed by atoms with Crippen molar-refractivity contribution in [3.8, 4) is 0 Å². The molecular formula is C26H20ClN3O6. The normalized spacial score (nSPS) is 13.1. The number of amides is 4. The van der Waals surface area contributed by atoms with Crippen molar-refractivity contribution in [2.24, 2.45) is 0 Å². The average Bonchev–Trinajstić information content (AvgIpc) is 3.15. The summed E-state index contributed by atoms with van der Waals surface area (Å²) < 4.78 is 5.13. The zero-order chi connectivity index (χ0) is 25.7. The van der Waals surface area contributed by atoms with Crippen molar-refractivity contribution >= 4 is 41.2 Å². The van der Waals surface area contributed by atoms with E-state index in [1.807, 2.05) is 0 Å². The van der Waals surface area contributed by atoms with Gasteiger partial charge in [-0.1, -0.05) is 54.1 Å². The van der Waals surface area contributed by atoms with Crippen molar-refractivity contribution in [1.82, 2.24) is 15.8 Å². The summed E-state index contributed by atoms with van der Waals surface area (Å²) >= 11 is 5.79. The van der Waals surface area contributed by atoms with Crippen molar-refractivity contribution in [3.63, 3.8) is 0 Å². The van der Waals surface area contributed by atoms with Gasteiger partial charge in [0.05, 0.1) is 11.1 Å². The first kappa shape index (κ1) is 24.6. The van der Waals surface area contributed by atoms with Crippen LogP contribution in [0.2, 0.25) is 5.02 Å². The van der Waals surface area contributed by atoms with E-state index in [1.54, 1.807) is 42.5 Å². The molecule has 0 aromatic heterocycles. The number of hydrogen-bond donors (Lipinski definition) is 2. The highest BCUT2D eigenvalue weighted by atomic mass is 35.5. The molecule has 182 valence electrons. The van der Waals surface area contributed by atoms with Gasteiger partial charge in [-0.2, -0.15) is 0 Å². The van der Waals surface area contributed by atoms with E-state index in [1.165, 1.54) is 36.4 Å². The highest BCUT2D eigenvalue weighted by molar-refractivity contribution is 6.30. The van der Waals surface area contributed by atoms with Gasteiger partial charge in [-0.25, -0.2) is 4.79 Å². The molecule has 1 heterocycles. The number of ether oxygens (including phenoxy) is 1. The summed E-state index contributed by atoms with van der Waals surface area (Å²) in [7, 11) is 0. The first-order chi connectivity index (χ1) is 17.3. The van der Waals surface area contributed by atoms with Gasteiger partial charge in [0, 0.05) is 17.0 Å². The molecule has 0 radical (unpaired) electrons. The molecular weight excluding hydrogens is 486 g/mol. The van der Waals surface area contributed by atoms with E-state index in [0.717, 1.165) is 4.90 Å². The van der Waals surface area contributed by atoms with E-state index in [4.69, 9.17) is 16.3 Å². The predicted octanol–water partition coefficient (Wildman–Crippen LogP) is 2.55. The number of esters is 1. The maximum Gasteiger partial charge on any atom is 0.330 e. The van der Waals surface area contributed by atoms with Gasteiger partial charge in [-0.05, 0) is 42.0 Å². The number of hydrogen-bond acceptors (Lipinski definition) is 6. The van der Waals surface area contributed by atoms with Crippen LogP contribution in [0.25, 0.3) is 0 Å². The third kappa shape index (κ3) is 5.42. The minimum absolute atomic E-state index is 0.0000631. The van der Waals surface area contributed by atoms with Gasteiger partial charge in [-0.15, -0.1) is 0 Å². The predicted molar refractivity (Wildman–Crippen MR) is 129 cm³/mol. The summed E-state index contributed by atoms with van der Waals surface area (Å²) in [5, 5.41) is 0.450. The first-order valence-electron chi connectivity index (χ1n) is 10.9. The van der Waals surface area contributed by atoms with Gasteiger partial charge in [0.1, 0.15) is 6.04 Å². The number of benzene rings is 3. The van der Waals surface area contributed by atoms with Crippen molar-refractivity contribution in [2.45, 2.75) is 12.5 Å². The van der Waals surface area contributed by atoms with Gasteiger partial charge < -0.3 is 4.74 Å². The lowest BCUT2D eigenvalue weighted by molar-refractivity contribution is -0.152. The Balaban J connectivity index is 1.42. The molecule has 3 aromatic rings. The van der Waals surface area contributed by atoms with Crippen LogP contribution in [0, 0.1) is 0 Å². The number of hydrazine groups is 1. The number of nitrogens with zero attached hydrogens (tertiary/aromatic N) is 1. The third-order valence-corrected chi connectivity index (χ3v) is 5.70. The van der Waals surface area contributed by atoms with E-state index in [2.05, 4.69) is 10.9 Å². The van der Waals surface area contributed by atoms with Crippen LogP contribution in [-0.2, 0) is 20.7 Å². The molecule has 2 N–H and O–H groups in total. The van der Waals surface area contributed by atoms with Gasteiger partial charge in [0.2, 0.25) is 0 Å². The quantitative estimate of drug-likeness (QED) is 0.289. The third-order valence-electron chi connectivity index (χ3n) is 5.45. The smallest absolute Gasteiger partial charge is 0.330 e. The summed E-state index contributed by atoms with van der Waals surface area (Å²) in [6.07, 6.45) is 0.0000631. The second-order valence-corrected chi connectivity index (χ2v) is 8.28. The van der Waals surface area contributed by atoms with Crippen molar-refractivity contribution in [1.29, 1.82) is 0 Å². The van der Waals surface area contributed by atoms with Crippen LogP contribution in [0.3, 0.4) is 0 Å². The second-order valence-electron chi connectivity index (χ2n) is 7.85. The summed E-state index contributed by atoms with van der Waals surface area (Å²) in [6.45, 7) is -0.742. The number of fused-ring (bicyclic) bond motifs is 1. The molecule has 0 spiro atoms. The highest BCUT2D eigenvalue weighted by Crippen LogP contribution is 2.26. The van der Waals surface area contributed by atoms with Crippen LogP contribution >= 0.6 is 11.6 Å². The Morgan fingerprint density at radius 1 is 0.806 bits per heavy atom. The molecule has 0 saturated heterocycles. The number of carbonyl (C=O) groups is 5. The van der Waals surface area contributed by atoms with Crippen molar-refractivity contribution < 1.29 is 28.7 Å². The Kier molecular flexibility index (Phi) is 7.41. The average molecular weight is 506 g/mol. The molecule has 0 fully saturated rings. The molecule has 3 aromatic carbocycles. The highest BCUT2D eigenvalue weighted by Gasteiger charge is 2.43. The molecule has 0 aliphatic carbocycles. The lowest BCUT2D eigenvalue weighted by Gasteiger charge is -2.24. The number of rotatable bonds is 7. The van der Waals surface area contributed by atoms with Crippen molar-refractivity contribution in [2.75, 3.05) is 6.61 Å². The fraction of sp³-hybridized carbons (Fsp3) is 0.115. The molecule has 0 bridgehead atoms. The Morgan fingerprint density at radius 2 is 1.39 bits per heavy atom. The lowest BCUT2D eigenvalue weighted by Crippen LogP contribution is -2.48. The number of carbonyl (C=O) groups excluding carboxylic acids is 5. The molecule has 9 nitrogen and oxygen atoms in total. The topological polar surface area (TPSA) is 122 Å². The molecule has 10 heteroatoms. The van der Waals surface area contributed by atoms with Crippen LogP contribution in [0.1, 0.15) is 36.6 Å². The summed E-state index contributed by atoms with van der Waals surface area (Å²) in [5.74, 6) is -3.58. The summed E-state index contributed by atoms with van der Waals surface area (Å²) in [6, 6.07) is 19.8. The largest absolute Gasteiger partial charge is 0.454 e. The SMILES string of the molecule is O=C(COC(=O)[C@@H](Cc1ccccc1)N1C(=O)c2ccccc2C1=O)NNC(=O)c1ccc(Cl)cc1. The fourth-order valence-corrected chi connectivity index (χ4v) is 3.80. The minimum atomic E-state index is -1.30. The molecule has 4 rings (SSSR count). The van der Waals surface area contributed by atoms with Gasteiger partial charge in [0.15, 0.2) is 6.61 Å². The first-order valence-corrected chi connectivity index (χ1v) is 11.2. The van der Waals surface area contributed by atoms with Crippen LogP contribution in [0.4, 0.5) is 0 Å². The Morgan fingerprint density at radius 3 is 2.00 bits per heavy atom. The maximum absolute atomic E-state index is 13.0. The van der Waals surface area contributed by atoms with Crippen molar-refractivity contribution in [3.05, 3.63) is 106 Å². The lowest BCUT2D eigenvalue weighted by atomic mass is 10.0. The Bertz CT molecular complexity index is 1290. The Labute approximate surface area is 211 Å². The van der Waals surface area contributed by atoms with Crippen LogP contribution in [0.15, 0.2) is 78.9 Å². The Hall–Kier alpha value is -4.50. The van der Waals surface area contributed by atoms with E-state index in [9.17, 15) is 24.0 Å². The fourth-order valence-electron chi connectivity index (χ4n) is 3.68. The molecule has 1 aliphatic heterocycles. The number of imide groups is 1. The van der Waals surface area contributed by atoms with Crippen LogP contribution in [0.5, 0.6) is 0 Å².